The maximum atomic E-state index is 13.4. The lowest BCUT2D eigenvalue weighted by Crippen LogP contribution is -2.40. The number of rotatable bonds is 5. The van der Waals surface area contributed by atoms with Crippen molar-refractivity contribution in [1.82, 2.24) is 9.21 Å². The summed E-state index contributed by atoms with van der Waals surface area (Å²) in [5.41, 5.74) is 2.44. The molecule has 9 heteroatoms. The Morgan fingerprint density at radius 1 is 0.968 bits per heavy atom. The fourth-order valence-corrected chi connectivity index (χ4v) is 5.39. The number of hydrogen-bond acceptors (Lipinski definition) is 6. The van der Waals surface area contributed by atoms with E-state index in [0.29, 0.717) is 45.1 Å². The quantitative estimate of drug-likeness (QED) is 0.698. The van der Waals surface area contributed by atoms with Crippen LogP contribution >= 0.6 is 0 Å². The van der Waals surface area contributed by atoms with Crippen LogP contribution in [0, 0.1) is 0 Å². The molecule has 2 aromatic rings. The van der Waals surface area contributed by atoms with Crippen molar-refractivity contribution in [2.24, 2.45) is 0 Å². The van der Waals surface area contributed by atoms with Crippen LogP contribution in [0.4, 0.5) is 0 Å². The summed E-state index contributed by atoms with van der Waals surface area (Å²) in [5, 5.41) is 0. The Morgan fingerprint density at radius 3 is 2.45 bits per heavy atom. The molecule has 1 amide bonds. The summed E-state index contributed by atoms with van der Waals surface area (Å²) in [6.45, 7) is 2.27. The van der Waals surface area contributed by atoms with Gasteiger partial charge in [-0.25, -0.2) is 8.42 Å². The number of benzene rings is 2. The van der Waals surface area contributed by atoms with Gasteiger partial charge in [0, 0.05) is 26.2 Å². The van der Waals surface area contributed by atoms with E-state index in [0.717, 1.165) is 17.7 Å². The van der Waals surface area contributed by atoms with Gasteiger partial charge in [-0.05, 0) is 47.9 Å². The van der Waals surface area contributed by atoms with Crippen molar-refractivity contribution in [3.05, 3.63) is 53.1 Å². The van der Waals surface area contributed by atoms with E-state index < -0.39 is 10.0 Å². The highest BCUT2D eigenvalue weighted by molar-refractivity contribution is 7.89. The summed E-state index contributed by atoms with van der Waals surface area (Å²) in [4.78, 5) is 15.2. The van der Waals surface area contributed by atoms with Gasteiger partial charge in [0.15, 0.2) is 0 Å². The first-order valence-electron chi connectivity index (χ1n) is 10.1. The van der Waals surface area contributed by atoms with Crippen LogP contribution in [-0.2, 0) is 27.7 Å². The Kier molecular flexibility index (Phi) is 6.17. The minimum Gasteiger partial charge on any atom is -0.497 e. The lowest BCUT2D eigenvalue weighted by Gasteiger charge is -2.30. The van der Waals surface area contributed by atoms with Crippen LogP contribution in [0.25, 0.3) is 0 Å². The molecule has 0 aromatic heterocycles. The normalized spacial score (nSPS) is 17.2. The second-order valence-corrected chi connectivity index (χ2v) is 9.43. The molecule has 1 fully saturated rings. The molecule has 2 aromatic carbocycles. The minimum atomic E-state index is -3.72. The van der Waals surface area contributed by atoms with Crippen LogP contribution in [0.15, 0.2) is 41.3 Å². The molecule has 0 radical (unpaired) electrons. The van der Waals surface area contributed by atoms with Crippen molar-refractivity contribution < 1.29 is 27.4 Å². The van der Waals surface area contributed by atoms with Gasteiger partial charge in [0.2, 0.25) is 10.0 Å². The van der Waals surface area contributed by atoms with Crippen LogP contribution in [0.2, 0.25) is 0 Å². The molecule has 166 valence electrons. The van der Waals surface area contributed by atoms with Gasteiger partial charge in [-0.2, -0.15) is 4.31 Å². The van der Waals surface area contributed by atoms with E-state index in [-0.39, 0.29) is 16.4 Å². The van der Waals surface area contributed by atoms with E-state index >= 15 is 0 Å². The summed E-state index contributed by atoms with van der Waals surface area (Å²) < 4.78 is 43.5. The summed E-state index contributed by atoms with van der Waals surface area (Å²) in [6, 6.07) is 10.3. The maximum Gasteiger partial charge on any atom is 0.257 e. The zero-order valence-electron chi connectivity index (χ0n) is 17.7. The average molecular weight is 447 g/mol. The number of ether oxygens (including phenoxy) is 3. The highest BCUT2D eigenvalue weighted by Crippen LogP contribution is 2.29. The van der Waals surface area contributed by atoms with E-state index in [4.69, 9.17) is 14.2 Å². The zero-order valence-corrected chi connectivity index (χ0v) is 18.5. The number of nitrogens with zero attached hydrogens (tertiary/aromatic N) is 2. The van der Waals surface area contributed by atoms with Gasteiger partial charge >= 0.3 is 0 Å². The number of fused-ring (bicyclic) bond motifs is 1. The Balaban J connectivity index is 1.63. The number of morpholine rings is 1. The first-order valence-corrected chi connectivity index (χ1v) is 11.6. The monoisotopic (exact) mass is 446 g/mol. The Labute approximate surface area is 182 Å². The predicted octanol–water partition coefficient (Wildman–Crippen LogP) is 1.92. The van der Waals surface area contributed by atoms with Gasteiger partial charge in [0.05, 0.1) is 37.9 Å². The predicted molar refractivity (Wildman–Crippen MR) is 114 cm³/mol. The molecular formula is C22H26N2O6S. The lowest BCUT2D eigenvalue weighted by molar-refractivity contribution is 0.0725. The first-order chi connectivity index (χ1) is 14.9. The third-order valence-electron chi connectivity index (χ3n) is 5.72. The van der Waals surface area contributed by atoms with Crippen molar-refractivity contribution in [3.63, 3.8) is 0 Å². The van der Waals surface area contributed by atoms with Crippen molar-refractivity contribution in [3.8, 4) is 11.5 Å². The molecule has 2 heterocycles. The highest BCUT2D eigenvalue weighted by atomic mass is 32.2. The van der Waals surface area contributed by atoms with E-state index in [1.54, 1.807) is 18.1 Å². The van der Waals surface area contributed by atoms with E-state index in [9.17, 15) is 13.2 Å². The zero-order chi connectivity index (χ0) is 22.0. The molecule has 0 unspecified atom stereocenters. The van der Waals surface area contributed by atoms with Crippen LogP contribution in [-0.4, -0.2) is 70.6 Å². The minimum absolute atomic E-state index is 0.0811. The molecule has 0 bridgehead atoms. The molecule has 31 heavy (non-hydrogen) atoms. The van der Waals surface area contributed by atoms with Crippen LogP contribution in [0.3, 0.4) is 0 Å². The van der Waals surface area contributed by atoms with E-state index in [2.05, 4.69) is 0 Å². The molecule has 2 aliphatic heterocycles. The molecular weight excluding hydrogens is 420 g/mol. The van der Waals surface area contributed by atoms with Crippen molar-refractivity contribution in [2.45, 2.75) is 17.9 Å². The highest BCUT2D eigenvalue weighted by Gasteiger charge is 2.30. The van der Waals surface area contributed by atoms with E-state index in [1.165, 1.54) is 29.1 Å². The fourth-order valence-electron chi connectivity index (χ4n) is 3.95. The molecule has 0 atom stereocenters. The molecule has 0 spiro atoms. The average Bonchev–Trinajstić information content (AvgIpc) is 2.82. The number of hydrogen-bond donors (Lipinski definition) is 0. The summed E-state index contributed by atoms with van der Waals surface area (Å²) >= 11 is 0. The maximum absolute atomic E-state index is 13.4. The third kappa shape index (κ3) is 4.26. The first kappa shape index (κ1) is 21.6. The Hall–Kier alpha value is -2.62. The van der Waals surface area contributed by atoms with Crippen LogP contribution in [0.1, 0.15) is 21.5 Å². The molecule has 0 saturated carbocycles. The number of methoxy groups -OCH3 is 2. The molecule has 1 saturated heterocycles. The Morgan fingerprint density at radius 2 is 1.74 bits per heavy atom. The third-order valence-corrected chi connectivity index (χ3v) is 7.62. The fraction of sp³-hybridized carbons (Fsp3) is 0.409. The number of sulfonamides is 1. The number of carbonyl (C=O) groups is 1. The van der Waals surface area contributed by atoms with Gasteiger partial charge in [0.1, 0.15) is 11.5 Å². The topological polar surface area (TPSA) is 85.4 Å². The standard InChI is InChI=1S/C22H26N2O6S/c1-28-18-4-3-16-7-8-23(15-17(16)13-18)22(25)20-14-19(5-6-21(20)29-2)31(26,27)24-9-11-30-12-10-24/h3-6,13-14H,7-12,15H2,1-2H3. The molecule has 0 N–H and O–H groups in total. The van der Waals surface area contributed by atoms with Gasteiger partial charge in [-0.3, -0.25) is 4.79 Å². The van der Waals surface area contributed by atoms with E-state index in [1.807, 2.05) is 18.2 Å². The van der Waals surface area contributed by atoms with Gasteiger partial charge in [0.25, 0.3) is 5.91 Å². The second-order valence-electron chi connectivity index (χ2n) is 7.49. The summed E-state index contributed by atoms with van der Waals surface area (Å²) in [7, 11) is -0.640. The van der Waals surface area contributed by atoms with Crippen molar-refractivity contribution in [2.75, 3.05) is 47.1 Å². The largest absolute Gasteiger partial charge is 0.497 e. The molecule has 2 aliphatic rings. The summed E-state index contributed by atoms with van der Waals surface area (Å²) in [6.07, 6.45) is 0.721. The molecule has 0 aliphatic carbocycles. The SMILES string of the molecule is COc1ccc2c(c1)CN(C(=O)c1cc(S(=O)(=O)N3CCOCC3)ccc1OC)CC2. The Bertz CT molecular complexity index is 1080. The summed E-state index contributed by atoms with van der Waals surface area (Å²) in [5.74, 6) is 0.830. The smallest absolute Gasteiger partial charge is 0.257 e. The van der Waals surface area contributed by atoms with Crippen molar-refractivity contribution in [1.29, 1.82) is 0 Å². The van der Waals surface area contributed by atoms with Crippen LogP contribution < -0.4 is 9.47 Å². The number of amides is 1. The lowest BCUT2D eigenvalue weighted by atomic mass is 9.98. The molecule has 8 nitrogen and oxygen atoms in total. The van der Waals surface area contributed by atoms with Crippen molar-refractivity contribution >= 4 is 15.9 Å². The second kappa shape index (κ2) is 8.86. The van der Waals surface area contributed by atoms with Gasteiger partial charge in [-0.15, -0.1) is 0 Å². The van der Waals surface area contributed by atoms with Gasteiger partial charge in [-0.1, -0.05) is 6.07 Å². The number of carbonyl (C=O) groups excluding carboxylic acids is 1. The molecule has 4 rings (SSSR count). The van der Waals surface area contributed by atoms with Crippen LogP contribution in [0.5, 0.6) is 11.5 Å². The van der Waals surface area contributed by atoms with Gasteiger partial charge < -0.3 is 19.1 Å².